The van der Waals surface area contributed by atoms with Crippen LogP contribution in [0.25, 0.3) is 11.0 Å². The lowest BCUT2D eigenvalue weighted by Gasteiger charge is -2.20. The molecule has 25 heavy (non-hydrogen) atoms. The summed E-state index contributed by atoms with van der Waals surface area (Å²) >= 11 is 2.56. The Morgan fingerprint density at radius 3 is 2.80 bits per heavy atom. The molecule has 1 saturated heterocycles. The van der Waals surface area contributed by atoms with Gasteiger partial charge < -0.3 is 4.90 Å². The highest BCUT2D eigenvalue weighted by atomic mass is 32.2. The smallest absolute Gasteiger partial charge is 0.253 e. The van der Waals surface area contributed by atoms with Gasteiger partial charge in [-0.25, -0.2) is 8.42 Å². The Morgan fingerprint density at radius 1 is 1.16 bits per heavy atom. The monoisotopic (exact) mass is 393 g/mol. The van der Waals surface area contributed by atoms with Crippen LogP contribution in [-0.4, -0.2) is 46.8 Å². The molecule has 9 heteroatoms. The Hall–Kier alpha value is -1.84. The Labute approximate surface area is 153 Å². The van der Waals surface area contributed by atoms with Crippen molar-refractivity contribution in [1.82, 2.24) is 13.6 Å². The third-order valence-electron chi connectivity index (χ3n) is 4.39. The van der Waals surface area contributed by atoms with E-state index in [-0.39, 0.29) is 18.2 Å². The minimum absolute atomic E-state index is 0.0121. The van der Waals surface area contributed by atoms with Crippen molar-refractivity contribution < 1.29 is 13.2 Å². The van der Waals surface area contributed by atoms with Crippen molar-refractivity contribution in [3.8, 4) is 0 Å². The van der Waals surface area contributed by atoms with Crippen molar-refractivity contribution in [1.29, 1.82) is 0 Å². The highest BCUT2D eigenvalue weighted by Crippen LogP contribution is 2.32. The van der Waals surface area contributed by atoms with E-state index in [9.17, 15) is 13.2 Å². The summed E-state index contributed by atoms with van der Waals surface area (Å²) in [6.07, 6.45) is 0.426. The lowest BCUT2D eigenvalue weighted by Crippen LogP contribution is -2.33. The molecule has 1 fully saturated rings. The average molecular weight is 394 g/mol. The van der Waals surface area contributed by atoms with E-state index in [2.05, 4.69) is 8.75 Å². The van der Waals surface area contributed by atoms with Crippen LogP contribution < -0.4 is 0 Å². The van der Waals surface area contributed by atoms with Gasteiger partial charge in [-0.3, -0.25) is 4.79 Å². The average Bonchev–Trinajstić information content (AvgIpc) is 3.25. The molecule has 1 aliphatic rings. The Morgan fingerprint density at radius 2 is 2.00 bits per heavy atom. The lowest BCUT2D eigenvalue weighted by molar-refractivity contribution is 0.0767. The highest BCUT2D eigenvalue weighted by Gasteiger charge is 2.33. The maximum Gasteiger partial charge on any atom is 0.253 e. The standard InChI is InChI=1S/C16H15N3O3S3/c20-16(11-3-4-12-13(10-11)18-24-17-12)19-6-5-15(14-2-1-8-23-14)25(21,22)9-7-19/h1-4,8,10,15H,5-7,9H2. The van der Waals surface area contributed by atoms with E-state index in [0.29, 0.717) is 24.0 Å². The Balaban J connectivity index is 1.58. The number of benzene rings is 1. The van der Waals surface area contributed by atoms with Gasteiger partial charge in [0.05, 0.1) is 22.7 Å². The molecule has 1 atom stereocenters. The SMILES string of the molecule is O=C(c1ccc2nsnc2c1)N1CCC(c2cccs2)S(=O)(=O)CC1. The van der Waals surface area contributed by atoms with Crippen molar-refractivity contribution in [3.63, 3.8) is 0 Å². The molecule has 0 N–H and O–H groups in total. The van der Waals surface area contributed by atoms with Crippen LogP contribution in [0, 0.1) is 0 Å². The summed E-state index contributed by atoms with van der Waals surface area (Å²) < 4.78 is 33.5. The number of hydrogen-bond donors (Lipinski definition) is 0. The van der Waals surface area contributed by atoms with E-state index in [4.69, 9.17) is 0 Å². The van der Waals surface area contributed by atoms with E-state index in [1.807, 2.05) is 17.5 Å². The van der Waals surface area contributed by atoms with Gasteiger partial charge >= 0.3 is 0 Å². The molecule has 1 aliphatic heterocycles. The molecule has 0 saturated carbocycles. The molecule has 3 heterocycles. The third-order valence-corrected chi connectivity index (χ3v) is 8.19. The minimum atomic E-state index is -3.26. The molecule has 1 amide bonds. The molecule has 3 aromatic rings. The van der Waals surface area contributed by atoms with Crippen LogP contribution >= 0.6 is 23.1 Å². The second-order valence-corrected chi connectivity index (χ2v) is 9.73. The zero-order valence-corrected chi connectivity index (χ0v) is 15.6. The molecule has 0 spiro atoms. The highest BCUT2D eigenvalue weighted by molar-refractivity contribution is 7.91. The number of nitrogens with zero attached hydrogens (tertiary/aromatic N) is 3. The largest absolute Gasteiger partial charge is 0.338 e. The van der Waals surface area contributed by atoms with Crippen LogP contribution in [0.2, 0.25) is 0 Å². The summed E-state index contributed by atoms with van der Waals surface area (Å²) in [7, 11) is -3.26. The van der Waals surface area contributed by atoms with Gasteiger partial charge in [-0.1, -0.05) is 6.07 Å². The van der Waals surface area contributed by atoms with Crippen molar-refractivity contribution in [3.05, 3.63) is 46.2 Å². The topological polar surface area (TPSA) is 80.2 Å². The summed E-state index contributed by atoms with van der Waals surface area (Å²) in [6.45, 7) is 0.643. The normalized spacial score (nSPS) is 20.5. The summed E-state index contributed by atoms with van der Waals surface area (Å²) in [5.41, 5.74) is 1.97. The number of rotatable bonds is 2. The number of fused-ring (bicyclic) bond motifs is 1. The number of hydrogen-bond acceptors (Lipinski definition) is 7. The fourth-order valence-corrected chi connectivity index (χ4v) is 6.56. The molecule has 1 aromatic carbocycles. The lowest BCUT2D eigenvalue weighted by atomic mass is 10.1. The van der Waals surface area contributed by atoms with Gasteiger partial charge in [-0.15, -0.1) is 11.3 Å². The summed E-state index contributed by atoms with van der Waals surface area (Å²) in [6, 6.07) is 8.93. The minimum Gasteiger partial charge on any atom is -0.338 e. The van der Waals surface area contributed by atoms with Gasteiger partial charge in [0.2, 0.25) is 0 Å². The predicted molar refractivity (Wildman–Crippen MR) is 98.8 cm³/mol. The number of amides is 1. The fraction of sp³-hybridized carbons (Fsp3) is 0.312. The van der Waals surface area contributed by atoms with Crippen LogP contribution in [-0.2, 0) is 9.84 Å². The number of sulfone groups is 1. The van der Waals surface area contributed by atoms with Gasteiger partial charge in [0.1, 0.15) is 11.0 Å². The zero-order valence-electron chi connectivity index (χ0n) is 13.2. The van der Waals surface area contributed by atoms with E-state index < -0.39 is 15.1 Å². The first-order valence-corrected chi connectivity index (χ1v) is 11.1. The predicted octanol–water partition coefficient (Wildman–Crippen LogP) is 2.75. The maximum atomic E-state index is 12.8. The molecule has 0 bridgehead atoms. The quantitative estimate of drug-likeness (QED) is 0.669. The Kier molecular flexibility index (Phi) is 4.30. The van der Waals surface area contributed by atoms with Gasteiger partial charge in [0.25, 0.3) is 5.91 Å². The molecular formula is C16H15N3O3S3. The number of aromatic nitrogens is 2. The molecule has 4 rings (SSSR count). The second-order valence-electron chi connectivity index (χ2n) is 5.92. The third kappa shape index (κ3) is 3.19. The van der Waals surface area contributed by atoms with Crippen LogP contribution in [0.1, 0.15) is 26.9 Å². The molecule has 1 unspecified atom stereocenters. The van der Waals surface area contributed by atoms with Gasteiger partial charge in [-0.05, 0) is 36.1 Å². The number of carbonyl (C=O) groups is 1. The van der Waals surface area contributed by atoms with Gasteiger partial charge in [0, 0.05) is 23.5 Å². The van der Waals surface area contributed by atoms with Crippen molar-refractivity contribution >= 4 is 49.8 Å². The van der Waals surface area contributed by atoms with Crippen LogP contribution in [0.15, 0.2) is 35.7 Å². The summed E-state index contributed by atoms with van der Waals surface area (Å²) in [4.78, 5) is 15.3. The van der Waals surface area contributed by atoms with Crippen LogP contribution in [0.3, 0.4) is 0 Å². The van der Waals surface area contributed by atoms with Crippen molar-refractivity contribution in [2.75, 3.05) is 18.8 Å². The summed E-state index contributed by atoms with van der Waals surface area (Å²) in [5.74, 6) is -0.168. The maximum absolute atomic E-state index is 12.8. The molecule has 6 nitrogen and oxygen atoms in total. The number of carbonyl (C=O) groups excluding carboxylic acids is 1. The fourth-order valence-electron chi connectivity index (χ4n) is 3.04. The van der Waals surface area contributed by atoms with Crippen LogP contribution in [0.5, 0.6) is 0 Å². The second kappa shape index (κ2) is 6.47. The molecule has 2 aromatic heterocycles. The first-order chi connectivity index (χ1) is 12.0. The first kappa shape index (κ1) is 16.6. The number of thiophene rings is 1. The summed E-state index contributed by atoms with van der Waals surface area (Å²) in [5, 5.41) is 1.37. The molecule has 0 radical (unpaired) electrons. The zero-order chi connectivity index (χ0) is 17.4. The van der Waals surface area contributed by atoms with E-state index in [0.717, 1.165) is 22.1 Å². The van der Waals surface area contributed by atoms with Crippen molar-refractivity contribution in [2.45, 2.75) is 11.7 Å². The van der Waals surface area contributed by atoms with Crippen LogP contribution in [0.4, 0.5) is 0 Å². The van der Waals surface area contributed by atoms with E-state index >= 15 is 0 Å². The molecule has 130 valence electrons. The van der Waals surface area contributed by atoms with Gasteiger partial charge in [-0.2, -0.15) is 8.75 Å². The molecular weight excluding hydrogens is 378 g/mol. The van der Waals surface area contributed by atoms with E-state index in [1.54, 1.807) is 23.1 Å². The van der Waals surface area contributed by atoms with Gasteiger partial charge in [0.15, 0.2) is 9.84 Å². The van der Waals surface area contributed by atoms with E-state index in [1.165, 1.54) is 11.3 Å². The first-order valence-electron chi connectivity index (χ1n) is 7.81. The van der Waals surface area contributed by atoms with Crippen molar-refractivity contribution in [2.24, 2.45) is 0 Å². The molecule has 0 aliphatic carbocycles. The Bertz CT molecular complexity index is 1010.